The molecular formula is C8H10N3O2S+. The molecule has 0 saturated heterocycles. The fraction of sp³-hybridized carbons (Fsp3) is 0.375. The van der Waals surface area contributed by atoms with E-state index in [9.17, 15) is 9.90 Å². The van der Waals surface area contributed by atoms with E-state index in [1.54, 1.807) is 17.0 Å². The average molecular weight is 212 g/mol. The number of nitrogens with zero attached hydrogens (tertiary/aromatic N) is 3. The number of aryl methyl sites for hydroxylation is 1. The SMILES string of the molecule is CC[n+]1c(O)c(C)c(=O)n2ncsc21. The maximum absolute atomic E-state index is 11.6. The quantitative estimate of drug-likeness (QED) is 0.681. The van der Waals surface area contributed by atoms with Crippen molar-refractivity contribution in [2.75, 3.05) is 0 Å². The van der Waals surface area contributed by atoms with Crippen LogP contribution in [0.2, 0.25) is 0 Å². The normalized spacial score (nSPS) is 11.0. The lowest BCUT2D eigenvalue weighted by Crippen LogP contribution is -2.39. The van der Waals surface area contributed by atoms with E-state index in [1.165, 1.54) is 15.9 Å². The van der Waals surface area contributed by atoms with Gasteiger partial charge in [-0.3, -0.25) is 0 Å². The second-order valence-electron chi connectivity index (χ2n) is 2.93. The lowest BCUT2D eigenvalue weighted by molar-refractivity contribution is -0.675. The summed E-state index contributed by atoms with van der Waals surface area (Å²) < 4.78 is 2.97. The van der Waals surface area contributed by atoms with Gasteiger partial charge in [-0.25, -0.2) is 4.79 Å². The van der Waals surface area contributed by atoms with E-state index in [4.69, 9.17) is 0 Å². The summed E-state index contributed by atoms with van der Waals surface area (Å²) in [6.45, 7) is 4.11. The molecule has 0 aliphatic heterocycles. The molecule has 0 aliphatic carbocycles. The molecule has 2 aromatic rings. The second kappa shape index (κ2) is 3.06. The highest BCUT2D eigenvalue weighted by atomic mass is 32.1. The smallest absolute Gasteiger partial charge is 0.374 e. The largest absolute Gasteiger partial charge is 0.477 e. The maximum Gasteiger partial charge on any atom is 0.374 e. The Morgan fingerprint density at radius 2 is 2.43 bits per heavy atom. The molecule has 0 fully saturated rings. The topological polar surface area (TPSA) is 58.5 Å². The van der Waals surface area contributed by atoms with Crippen LogP contribution in [-0.4, -0.2) is 14.7 Å². The summed E-state index contributed by atoms with van der Waals surface area (Å²) in [7, 11) is 0. The van der Waals surface area contributed by atoms with Gasteiger partial charge in [0.1, 0.15) is 11.1 Å². The molecule has 1 N–H and O–H groups in total. The third kappa shape index (κ3) is 1.04. The van der Waals surface area contributed by atoms with Gasteiger partial charge in [0, 0.05) is 0 Å². The van der Waals surface area contributed by atoms with Crippen molar-refractivity contribution in [3.8, 4) is 5.88 Å². The van der Waals surface area contributed by atoms with Crippen LogP contribution in [0.1, 0.15) is 12.5 Å². The minimum atomic E-state index is -0.261. The van der Waals surface area contributed by atoms with Gasteiger partial charge in [0.15, 0.2) is 0 Å². The number of hydrogen-bond donors (Lipinski definition) is 1. The van der Waals surface area contributed by atoms with Gasteiger partial charge >= 0.3 is 10.5 Å². The third-order valence-corrected chi connectivity index (χ3v) is 2.96. The number of hydrogen-bond acceptors (Lipinski definition) is 4. The van der Waals surface area contributed by atoms with Crippen molar-refractivity contribution >= 4 is 16.3 Å². The third-order valence-electron chi connectivity index (χ3n) is 2.15. The summed E-state index contributed by atoms with van der Waals surface area (Å²) in [5.41, 5.74) is 1.65. The van der Waals surface area contributed by atoms with Gasteiger partial charge in [0.2, 0.25) is 0 Å². The standard InChI is InChI=1S/C8H9N3O2S/c1-3-10-6(12)5(2)7(13)11-8(10)14-4-9-11/h4H,3H2,1-2H3/p+1. The van der Waals surface area contributed by atoms with Crippen molar-refractivity contribution in [3.05, 3.63) is 21.4 Å². The maximum atomic E-state index is 11.6. The minimum Gasteiger partial charge on any atom is -0.477 e. The van der Waals surface area contributed by atoms with Crippen molar-refractivity contribution in [2.24, 2.45) is 0 Å². The van der Waals surface area contributed by atoms with E-state index in [1.807, 2.05) is 6.92 Å². The van der Waals surface area contributed by atoms with Crippen LogP contribution >= 0.6 is 11.3 Å². The Hall–Kier alpha value is -1.43. The van der Waals surface area contributed by atoms with E-state index in [2.05, 4.69) is 5.10 Å². The highest BCUT2D eigenvalue weighted by Crippen LogP contribution is 2.09. The van der Waals surface area contributed by atoms with Crippen LogP contribution in [0.5, 0.6) is 5.88 Å². The molecule has 0 aromatic carbocycles. The van der Waals surface area contributed by atoms with E-state index in [0.29, 0.717) is 17.1 Å². The first-order valence-corrected chi connectivity index (χ1v) is 5.12. The zero-order valence-corrected chi connectivity index (χ0v) is 8.71. The predicted molar refractivity (Wildman–Crippen MR) is 51.6 cm³/mol. The molecule has 0 spiro atoms. The molecule has 5 nitrogen and oxygen atoms in total. The van der Waals surface area contributed by atoms with Gasteiger partial charge in [-0.2, -0.15) is 4.57 Å². The summed E-state index contributed by atoms with van der Waals surface area (Å²) in [5, 5.41) is 13.6. The van der Waals surface area contributed by atoms with Crippen molar-refractivity contribution in [3.63, 3.8) is 0 Å². The minimum absolute atomic E-state index is 0.0294. The van der Waals surface area contributed by atoms with Gasteiger partial charge in [0.05, 0.1) is 6.54 Å². The molecule has 0 unspecified atom stereocenters. The van der Waals surface area contributed by atoms with E-state index in [-0.39, 0.29) is 11.4 Å². The van der Waals surface area contributed by atoms with Crippen LogP contribution in [0.3, 0.4) is 0 Å². The Morgan fingerprint density at radius 1 is 1.71 bits per heavy atom. The Balaban J connectivity index is 3.03. The predicted octanol–water partition coefficient (Wildman–Crippen LogP) is 0.0774. The van der Waals surface area contributed by atoms with Crippen LogP contribution in [0.25, 0.3) is 4.96 Å². The summed E-state index contributed by atoms with van der Waals surface area (Å²) in [4.78, 5) is 12.3. The molecule has 0 radical (unpaired) electrons. The highest BCUT2D eigenvalue weighted by molar-refractivity contribution is 7.14. The molecule has 74 valence electrons. The Morgan fingerprint density at radius 3 is 3.07 bits per heavy atom. The van der Waals surface area contributed by atoms with Gasteiger partial charge in [-0.1, -0.05) is 5.10 Å². The summed E-state index contributed by atoms with van der Waals surface area (Å²) in [6, 6.07) is 0. The Labute approximate surface area is 83.9 Å². The van der Waals surface area contributed by atoms with Crippen molar-refractivity contribution in [1.82, 2.24) is 9.61 Å². The number of rotatable bonds is 1. The fourth-order valence-electron chi connectivity index (χ4n) is 1.37. The van der Waals surface area contributed by atoms with E-state index < -0.39 is 0 Å². The lowest BCUT2D eigenvalue weighted by Gasteiger charge is -2.00. The molecule has 0 aliphatic rings. The molecule has 0 amide bonds. The van der Waals surface area contributed by atoms with Crippen molar-refractivity contribution < 1.29 is 9.67 Å². The average Bonchev–Trinajstić information content (AvgIpc) is 2.64. The Bertz CT molecular complexity index is 543. The lowest BCUT2D eigenvalue weighted by atomic mass is 10.3. The molecule has 14 heavy (non-hydrogen) atoms. The summed E-state index contributed by atoms with van der Waals surface area (Å²) in [5.74, 6) is 0.0294. The fourth-order valence-corrected chi connectivity index (χ4v) is 2.18. The summed E-state index contributed by atoms with van der Waals surface area (Å²) in [6.07, 6.45) is 0. The molecule has 2 aromatic heterocycles. The first-order chi connectivity index (χ1) is 6.66. The molecule has 0 saturated carbocycles. The van der Waals surface area contributed by atoms with E-state index in [0.717, 1.165) is 0 Å². The Kier molecular flexibility index (Phi) is 1.99. The van der Waals surface area contributed by atoms with Gasteiger partial charge in [0.25, 0.3) is 5.88 Å². The molecule has 2 rings (SSSR count). The summed E-state index contributed by atoms with van der Waals surface area (Å²) >= 11 is 1.33. The second-order valence-corrected chi connectivity index (χ2v) is 3.74. The van der Waals surface area contributed by atoms with Gasteiger partial charge in [-0.15, -0.1) is 0 Å². The molecule has 0 bridgehead atoms. The zero-order valence-electron chi connectivity index (χ0n) is 7.89. The molecule has 0 atom stereocenters. The molecule has 2 heterocycles. The van der Waals surface area contributed by atoms with Gasteiger partial charge in [-0.05, 0) is 29.7 Å². The van der Waals surface area contributed by atoms with Crippen molar-refractivity contribution in [2.45, 2.75) is 20.4 Å². The van der Waals surface area contributed by atoms with Crippen LogP contribution in [0, 0.1) is 6.92 Å². The van der Waals surface area contributed by atoms with Crippen molar-refractivity contribution in [1.29, 1.82) is 0 Å². The van der Waals surface area contributed by atoms with Gasteiger partial charge < -0.3 is 5.11 Å². The first-order valence-electron chi connectivity index (χ1n) is 4.24. The van der Waals surface area contributed by atoms with Crippen LogP contribution in [-0.2, 0) is 6.54 Å². The van der Waals surface area contributed by atoms with E-state index >= 15 is 0 Å². The van der Waals surface area contributed by atoms with Crippen LogP contribution in [0.15, 0.2) is 10.3 Å². The molecule has 6 heteroatoms. The zero-order chi connectivity index (χ0) is 10.3. The highest BCUT2D eigenvalue weighted by Gasteiger charge is 2.21. The first kappa shape index (κ1) is 9.14. The number of aromatic hydroxyl groups is 1. The monoisotopic (exact) mass is 212 g/mol. The van der Waals surface area contributed by atoms with Crippen LogP contribution < -0.4 is 10.1 Å². The number of aromatic nitrogens is 3. The molecular weight excluding hydrogens is 202 g/mol. The van der Waals surface area contributed by atoms with Crippen LogP contribution in [0.4, 0.5) is 0 Å². The number of fused-ring (bicyclic) bond motifs is 1.